The zero-order valence-electron chi connectivity index (χ0n) is 13.6. The van der Waals surface area contributed by atoms with Crippen molar-refractivity contribution < 1.29 is 18.3 Å². The Hall–Kier alpha value is -3.26. The van der Waals surface area contributed by atoms with E-state index < -0.39 is 6.55 Å². The third-order valence-corrected chi connectivity index (χ3v) is 3.57. The number of hydrogen-bond donors (Lipinski definition) is 2. The molecule has 1 aromatic heterocycles. The Morgan fingerprint density at radius 2 is 1.85 bits per heavy atom. The van der Waals surface area contributed by atoms with Crippen LogP contribution >= 0.6 is 0 Å². The van der Waals surface area contributed by atoms with Gasteiger partial charge in [0.15, 0.2) is 5.75 Å². The van der Waals surface area contributed by atoms with Crippen LogP contribution in [0.5, 0.6) is 11.5 Å². The maximum Gasteiger partial charge on any atom is 0.333 e. The smallest absolute Gasteiger partial charge is 0.333 e. The van der Waals surface area contributed by atoms with Crippen molar-refractivity contribution in [1.82, 2.24) is 9.78 Å². The molecular formula is C18H16F2N4O2. The summed E-state index contributed by atoms with van der Waals surface area (Å²) in [6, 6.07) is 13.8. The Kier molecular flexibility index (Phi) is 5.23. The van der Waals surface area contributed by atoms with E-state index >= 15 is 0 Å². The Morgan fingerprint density at radius 3 is 2.54 bits per heavy atom. The van der Waals surface area contributed by atoms with Crippen molar-refractivity contribution in [3.8, 4) is 22.6 Å². The predicted octanol–water partition coefficient (Wildman–Crippen LogP) is 3.63. The summed E-state index contributed by atoms with van der Waals surface area (Å²) in [6.45, 7) is -2.87. The summed E-state index contributed by atoms with van der Waals surface area (Å²) >= 11 is 0. The molecule has 0 atom stereocenters. The van der Waals surface area contributed by atoms with Gasteiger partial charge in [0.1, 0.15) is 5.75 Å². The monoisotopic (exact) mass is 358 g/mol. The van der Waals surface area contributed by atoms with Crippen molar-refractivity contribution in [3.05, 3.63) is 60.9 Å². The van der Waals surface area contributed by atoms with Crippen LogP contribution in [-0.4, -0.2) is 22.2 Å². The molecule has 134 valence electrons. The number of nitrogens with two attached hydrogens (primary N) is 1. The highest BCUT2D eigenvalue weighted by molar-refractivity contribution is 5.93. The van der Waals surface area contributed by atoms with Crippen LogP contribution in [0.3, 0.4) is 0 Å². The fourth-order valence-electron chi connectivity index (χ4n) is 2.36. The first-order chi connectivity index (χ1) is 12.6. The lowest BCUT2D eigenvalue weighted by Crippen LogP contribution is -2.22. The second-order valence-corrected chi connectivity index (χ2v) is 5.33. The maximum atomic E-state index is 12.8. The normalized spacial score (nSPS) is 10.8. The number of alkyl halides is 2. The van der Waals surface area contributed by atoms with Gasteiger partial charge in [0.2, 0.25) is 5.91 Å². The molecule has 2 aromatic carbocycles. The van der Waals surface area contributed by atoms with Crippen molar-refractivity contribution >= 4 is 11.6 Å². The van der Waals surface area contributed by atoms with E-state index in [0.29, 0.717) is 33.0 Å². The quantitative estimate of drug-likeness (QED) is 0.705. The lowest BCUT2D eigenvalue weighted by molar-refractivity contribution is -0.114. The van der Waals surface area contributed by atoms with Crippen molar-refractivity contribution in [2.75, 3.05) is 11.9 Å². The number of benzene rings is 2. The number of nitrogens with one attached hydrogen (secondary N) is 1. The number of aromatic nitrogens is 2. The van der Waals surface area contributed by atoms with Crippen LogP contribution in [0.25, 0.3) is 11.1 Å². The van der Waals surface area contributed by atoms with Crippen LogP contribution in [0, 0.1) is 0 Å². The van der Waals surface area contributed by atoms with Crippen molar-refractivity contribution in [2.45, 2.75) is 6.55 Å². The number of rotatable bonds is 6. The van der Waals surface area contributed by atoms with Crippen LogP contribution in [0.1, 0.15) is 6.55 Å². The number of carbonyl (C=O) groups excluding carboxylic acids is 1. The first-order valence-corrected chi connectivity index (χ1v) is 7.77. The van der Waals surface area contributed by atoms with E-state index in [0.717, 1.165) is 0 Å². The molecule has 8 heteroatoms. The predicted molar refractivity (Wildman–Crippen MR) is 93.1 cm³/mol. The summed E-state index contributed by atoms with van der Waals surface area (Å²) in [5.74, 6) is 0.492. The largest absolute Gasteiger partial charge is 0.455 e. The molecular weight excluding hydrogens is 342 g/mol. The summed E-state index contributed by atoms with van der Waals surface area (Å²) in [4.78, 5) is 11.6. The molecule has 0 bridgehead atoms. The molecule has 0 saturated carbocycles. The molecule has 0 fully saturated rings. The van der Waals surface area contributed by atoms with Crippen molar-refractivity contribution in [1.29, 1.82) is 0 Å². The first kappa shape index (κ1) is 17.6. The Bertz CT molecular complexity index is 911. The van der Waals surface area contributed by atoms with Crippen LogP contribution in [-0.2, 0) is 4.79 Å². The molecule has 0 aliphatic rings. The van der Waals surface area contributed by atoms with Gasteiger partial charge in [-0.15, -0.1) is 0 Å². The van der Waals surface area contributed by atoms with E-state index in [1.807, 2.05) is 0 Å². The third kappa shape index (κ3) is 3.86. The summed E-state index contributed by atoms with van der Waals surface area (Å²) in [7, 11) is 0. The Morgan fingerprint density at radius 1 is 1.15 bits per heavy atom. The summed E-state index contributed by atoms with van der Waals surface area (Å²) in [5, 5.41) is 6.30. The minimum Gasteiger partial charge on any atom is -0.455 e. The SMILES string of the molecule is NCC(=O)Nc1ccccc1Oc1ccccc1-c1cnn(C(F)F)c1. The highest BCUT2D eigenvalue weighted by Gasteiger charge is 2.14. The number of ether oxygens (including phenoxy) is 1. The van der Waals surface area contributed by atoms with Gasteiger partial charge >= 0.3 is 6.55 Å². The van der Waals surface area contributed by atoms with E-state index in [2.05, 4.69) is 10.4 Å². The molecule has 3 N–H and O–H groups in total. The number of hydrogen-bond acceptors (Lipinski definition) is 4. The summed E-state index contributed by atoms with van der Waals surface area (Å²) < 4.78 is 32.0. The maximum absolute atomic E-state index is 12.8. The summed E-state index contributed by atoms with van der Waals surface area (Å²) in [6.07, 6.45) is 2.59. The molecule has 0 aliphatic carbocycles. The molecule has 3 rings (SSSR count). The minimum atomic E-state index is -2.72. The fraction of sp³-hybridized carbons (Fsp3) is 0.111. The second kappa shape index (κ2) is 7.75. The van der Waals surface area contributed by atoms with E-state index in [9.17, 15) is 13.6 Å². The zero-order valence-corrected chi connectivity index (χ0v) is 13.6. The number of anilines is 1. The zero-order chi connectivity index (χ0) is 18.5. The van der Waals surface area contributed by atoms with Gasteiger partial charge in [0, 0.05) is 17.3 Å². The standard InChI is InChI=1S/C18H16F2N4O2/c19-18(20)24-11-12(10-22-24)13-5-1-3-7-15(13)26-16-8-4-2-6-14(16)23-17(25)9-21/h1-8,10-11,18H,9,21H2,(H,23,25). The van der Waals surface area contributed by atoms with Crippen LogP contribution in [0.15, 0.2) is 60.9 Å². The number of amides is 1. The first-order valence-electron chi connectivity index (χ1n) is 7.77. The van der Waals surface area contributed by atoms with Gasteiger partial charge in [0.25, 0.3) is 0 Å². The van der Waals surface area contributed by atoms with E-state index in [-0.39, 0.29) is 12.5 Å². The van der Waals surface area contributed by atoms with Gasteiger partial charge in [-0.3, -0.25) is 4.79 Å². The van der Waals surface area contributed by atoms with Crippen LogP contribution in [0.2, 0.25) is 0 Å². The highest BCUT2D eigenvalue weighted by atomic mass is 19.3. The molecule has 0 aliphatic heterocycles. The molecule has 0 radical (unpaired) electrons. The third-order valence-electron chi connectivity index (χ3n) is 3.57. The van der Waals surface area contributed by atoms with E-state index in [1.54, 1.807) is 48.5 Å². The van der Waals surface area contributed by atoms with Gasteiger partial charge in [-0.05, 0) is 18.2 Å². The number of carbonyl (C=O) groups is 1. The average Bonchev–Trinajstić information content (AvgIpc) is 3.14. The molecule has 1 heterocycles. The number of para-hydroxylation sites is 3. The number of nitrogens with zero attached hydrogens (tertiary/aromatic N) is 2. The average molecular weight is 358 g/mol. The van der Waals surface area contributed by atoms with Crippen molar-refractivity contribution in [2.24, 2.45) is 5.73 Å². The van der Waals surface area contributed by atoms with Gasteiger partial charge < -0.3 is 15.8 Å². The highest BCUT2D eigenvalue weighted by Crippen LogP contribution is 2.36. The molecule has 1 amide bonds. The van der Waals surface area contributed by atoms with E-state index in [4.69, 9.17) is 10.5 Å². The number of halogens is 2. The molecule has 0 unspecified atom stereocenters. The second-order valence-electron chi connectivity index (χ2n) is 5.33. The Balaban J connectivity index is 1.93. The molecule has 3 aromatic rings. The fourth-order valence-corrected chi connectivity index (χ4v) is 2.36. The topological polar surface area (TPSA) is 82.2 Å². The van der Waals surface area contributed by atoms with E-state index in [1.165, 1.54) is 12.4 Å². The minimum absolute atomic E-state index is 0.155. The lowest BCUT2D eigenvalue weighted by Gasteiger charge is -2.14. The summed E-state index contributed by atoms with van der Waals surface area (Å²) in [5.41, 5.74) is 6.87. The van der Waals surface area contributed by atoms with Crippen LogP contribution in [0.4, 0.5) is 14.5 Å². The Labute approximate surface area is 148 Å². The molecule has 0 spiro atoms. The van der Waals surface area contributed by atoms with Gasteiger partial charge in [-0.25, -0.2) is 4.68 Å². The molecule has 6 nitrogen and oxygen atoms in total. The van der Waals surface area contributed by atoms with Gasteiger partial charge in [-0.1, -0.05) is 30.3 Å². The van der Waals surface area contributed by atoms with Crippen molar-refractivity contribution in [3.63, 3.8) is 0 Å². The lowest BCUT2D eigenvalue weighted by atomic mass is 10.1. The molecule has 0 saturated heterocycles. The molecule has 26 heavy (non-hydrogen) atoms. The van der Waals surface area contributed by atoms with Gasteiger partial charge in [-0.2, -0.15) is 13.9 Å². The van der Waals surface area contributed by atoms with Crippen LogP contribution < -0.4 is 15.8 Å². The van der Waals surface area contributed by atoms with Gasteiger partial charge in [0.05, 0.1) is 18.4 Å².